The van der Waals surface area contributed by atoms with Crippen LogP contribution in [0.25, 0.3) is 16.7 Å². The predicted molar refractivity (Wildman–Crippen MR) is 105 cm³/mol. The van der Waals surface area contributed by atoms with Gasteiger partial charge in [0.1, 0.15) is 23.5 Å². The third-order valence-corrected chi connectivity index (χ3v) is 5.96. The fourth-order valence-corrected chi connectivity index (χ4v) is 4.27. The fraction of sp³-hybridized carbons (Fsp3) is 0.524. The molecule has 1 amide bonds. The van der Waals surface area contributed by atoms with E-state index < -0.39 is 0 Å². The number of nitrogens with zero attached hydrogens (tertiary/aromatic N) is 5. The van der Waals surface area contributed by atoms with Crippen LogP contribution < -0.4 is 0 Å². The fourth-order valence-electron chi connectivity index (χ4n) is 4.27. The molecule has 2 aliphatic rings. The number of rotatable bonds is 3. The van der Waals surface area contributed by atoms with Crippen molar-refractivity contribution in [3.05, 3.63) is 30.4 Å². The lowest BCUT2D eigenvalue weighted by molar-refractivity contribution is -0.127. The average Bonchev–Trinajstić information content (AvgIpc) is 3.16. The first kappa shape index (κ1) is 18.6. The lowest BCUT2D eigenvalue weighted by atomic mass is 9.77. The topological polar surface area (TPSA) is 84.0 Å². The highest BCUT2D eigenvalue weighted by molar-refractivity contribution is 6.04. The summed E-state index contributed by atoms with van der Waals surface area (Å²) in [5.74, 6) is -0.166. The minimum Gasteiger partial charge on any atom is -0.381 e. The highest BCUT2D eigenvalue weighted by Gasteiger charge is 2.38. The number of likely N-dealkylation sites (tertiary alicyclic amines) is 1. The van der Waals surface area contributed by atoms with Crippen LogP contribution in [0.1, 0.15) is 39.0 Å². The van der Waals surface area contributed by atoms with E-state index in [1.165, 1.54) is 0 Å². The number of hydrogen-bond acceptors (Lipinski definition) is 5. The molecule has 0 radical (unpaired) electrons. The first-order valence-electron chi connectivity index (χ1n) is 9.93. The van der Waals surface area contributed by atoms with Crippen LogP contribution in [0.2, 0.25) is 0 Å². The van der Waals surface area contributed by atoms with Crippen LogP contribution in [0, 0.1) is 16.7 Å². The maximum atomic E-state index is 13.4. The number of hydrogen-bond donors (Lipinski definition) is 0. The summed E-state index contributed by atoms with van der Waals surface area (Å²) in [6.45, 7) is 4.78. The molecule has 2 aromatic rings. The maximum absolute atomic E-state index is 13.4. The standard InChI is InChI=1S/C21H25N5O2/c1-21(6-11-28-12-7-21)19(26-15-24-17-14-23-8-5-18(17)26)16(13-22)20(27)25-9-3-2-4-10-25/h5,8,14-15H,2-4,6-7,9-12H2,1H3. The normalized spacial score (nSPS) is 20.5. The highest BCUT2D eigenvalue weighted by atomic mass is 16.5. The van der Waals surface area contributed by atoms with E-state index in [1.54, 1.807) is 18.7 Å². The Kier molecular flexibility index (Phi) is 5.14. The van der Waals surface area contributed by atoms with Crippen molar-refractivity contribution in [2.75, 3.05) is 26.3 Å². The van der Waals surface area contributed by atoms with Crippen molar-refractivity contribution in [3.63, 3.8) is 0 Å². The van der Waals surface area contributed by atoms with Crippen molar-refractivity contribution in [3.8, 4) is 6.07 Å². The minimum atomic E-state index is -0.342. The Morgan fingerprint density at radius 1 is 1.25 bits per heavy atom. The maximum Gasteiger partial charge on any atom is 0.266 e. The van der Waals surface area contributed by atoms with Gasteiger partial charge in [-0.15, -0.1) is 0 Å². The molecule has 146 valence electrons. The SMILES string of the molecule is CC1(C(=C(C#N)C(=O)N2CCCCC2)n2cnc3cnccc32)CCOCC1. The van der Waals surface area contributed by atoms with Crippen LogP contribution in [-0.2, 0) is 9.53 Å². The molecule has 2 aliphatic heterocycles. The van der Waals surface area contributed by atoms with E-state index in [2.05, 4.69) is 23.0 Å². The van der Waals surface area contributed by atoms with E-state index in [0.29, 0.717) is 26.3 Å². The molecule has 0 atom stereocenters. The zero-order chi connectivity index (χ0) is 19.6. The number of aromatic nitrogens is 3. The third-order valence-electron chi connectivity index (χ3n) is 5.96. The molecule has 0 spiro atoms. The quantitative estimate of drug-likeness (QED) is 0.605. The van der Waals surface area contributed by atoms with Gasteiger partial charge in [0.05, 0.1) is 17.4 Å². The van der Waals surface area contributed by atoms with Crippen LogP contribution in [-0.4, -0.2) is 51.6 Å². The van der Waals surface area contributed by atoms with E-state index in [9.17, 15) is 10.1 Å². The number of nitriles is 1. The molecule has 0 aromatic carbocycles. The third kappa shape index (κ3) is 3.29. The molecule has 7 heteroatoms. The van der Waals surface area contributed by atoms with Crippen molar-refractivity contribution < 1.29 is 9.53 Å². The Labute approximate surface area is 164 Å². The van der Waals surface area contributed by atoms with Gasteiger partial charge in [-0.05, 0) is 38.2 Å². The lowest BCUT2D eigenvalue weighted by Crippen LogP contribution is -2.39. The van der Waals surface area contributed by atoms with Gasteiger partial charge in [0.15, 0.2) is 0 Å². The molecule has 0 unspecified atom stereocenters. The van der Waals surface area contributed by atoms with Gasteiger partial charge in [0.2, 0.25) is 0 Å². The molecule has 0 N–H and O–H groups in total. The molecule has 0 saturated carbocycles. The summed E-state index contributed by atoms with van der Waals surface area (Å²) in [5.41, 5.74) is 2.23. The van der Waals surface area contributed by atoms with Gasteiger partial charge in [-0.25, -0.2) is 4.98 Å². The number of pyridine rings is 1. The summed E-state index contributed by atoms with van der Waals surface area (Å²) in [6, 6.07) is 4.14. The molecule has 0 aliphatic carbocycles. The van der Waals surface area contributed by atoms with Gasteiger partial charge in [-0.2, -0.15) is 5.26 Å². The van der Waals surface area contributed by atoms with Gasteiger partial charge in [0.25, 0.3) is 5.91 Å². The zero-order valence-electron chi connectivity index (χ0n) is 16.2. The highest BCUT2D eigenvalue weighted by Crippen LogP contribution is 2.43. The minimum absolute atomic E-state index is 0.166. The Hall–Kier alpha value is -2.72. The average molecular weight is 379 g/mol. The molecule has 2 saturated heterocycles. The first-order valence-corrected chi connectivity index (χ1v) is 9.93. The summed E-state index contributed by atoms with van der Waals surface area (Å²) >= 11 is 0. The molecular weight excluding hydrogens is 354 g/mol. The van der Waals surface area contributed by atoms with Gasteiger partial charge >= 0.3 is 0 Å². The Morgan fingerprint density at radius 3 is 2.71 bits per heavy atom. The number of ether oxygens (including phenoxy) is 1. The number of amides is 1. The summed E-state index contributed by atoms with van der Waals surface area (Å²) < 4.78 is 7.49. The monoisotopic (exact) mass is 379 g/mol. The smallest absolute Gasteiger partial charge is 0.266 e. The summed E-state index contributed by atoms with van der Waals surface area (Å²) in [5, 5.41) is 10.1. The van der Waals surface area contributed by atoms with E-state index >= 15 is 0 Å². The lowest BCUT2D eigenvalue weighted by Gasteiger charge is -2.37. The Bertz CT molecular complexity index is 943. The van der Waals surface area contributed by atoms with E-state index in [-0.39, 0.29) is 16.9 Å². The number of fused-ring (bicyclic) bond motifs is 1. The van der Waals surface area contributed by atoms with Crippen molar-refractivity contribution in [2.24, 2.45) is 5.41 Å². The van der Waals surface area contributed by atoms with E-state index in [4.69, 9.17) is 4.74 Å². The van der Waals surface area contributed by atoms with Crippen molar-refractivity contribution >= 4 is 22.6 Å². The molecule has 4 heterocycles. The van der Waals surface area contributed by atoms with Crippen molar-refractivity contribution in [2.45, 2.75) is 39.0 Å². The van der Waals surface area contributed by atoms with Crippen LogP contribution in [0.3, 0.4) is 0 Å². The number of carbonyl (C=O) groups excluding carboxylic acids is 1. The van der Waals surface area contributed by atoms with E-state index in [0.717, 1.165) is 48.8 Å². The van der Waals surface area contributed by atoms with E-state index in [1.807, 2.05) is 15.5 Å². The molecule has 2 aromatic heterocycles. The Balaban J connectivity index is 1.89. The second kappa shape index (κ2) is 7.72. The largest absolute Gasteiger partial charge is 0.381 e. The molecule has 7 nitrogen and oxygen atoms in total. The zero-order valence-corrected chi connectivity index (χ0v) is 16.2. The number of carbonyl (C=O) groups is 1. The number of allylic oxidation sites excluding steroid dienone is 1. The first-order chi connectivity index (χ1) is 13.6. The van der Waals surface area contributed by atoms with Gasteiger partial charge < -0.3 is 14.2 Å². The number of imidazole rings is 1. The summed E-state index contributed by atoms with van der Waals surface area (Å²) in [7, 11) is 0. The summed E-state index contributed by atoms with van der Waals surface area (Å²) in [6.07, 6.45) is 9.75. The molecule has 4 rings (SSSR count). The summed E-state index contributed by atoms with van der Waals surface area (Å²) in [4.78, 5) is 23.8. The van der Waals surface area contributed by atoms with Crippen LogP contribution in [0.5, 0.6) is 0 Å². The van der Waals surface area contributed by atoms with Gasteiger partial charge in [0, 0.05) is 37.9 Å². The van der Waals surface area contributed by atoms with Crippen LogP contribution in [0.4, 0.5) is 0 Å². The second-order valence-electron chi connectivity index (χ2n) is 7.84. The van der Waals surface area contributed by atoms with Gasteiger partial charge in [-0.1, -0.05) is 6.92 Å². The molecule has 0 bridgehead atoms. The van der Waals surface area contributed by atoms with Gasteiger partial charge in [-0.3, -0.25) is 9.78 Å². The predicted octanol–water partition coefficient (Wildman–Crippen LogP) is 3.00. The second-order valence-corrected chi connectivity index (χ2v) is 7.84. The molecule has 28 heavy (non-hydrogen) atoms. The van der Waals surface area contributed by atoms with Crippen LogP contribution in [0.15, 0.2) is 30.4 Å². The molecule has 2 fully saturated rings. The van der Waals surface area contributed by atoms with Crippen molar-refractivity contribution in [1.82, 2.24) is 19.4 Å². The Morgan fingerprint density at radius 2 is 2.00 bits per heavy atom. The van der Waals surface area contributed by atoms with Crippen molar-refractivity contribution in [1.29, 1.82) is 5.26 Å². The number of piperidine rings is 1. The van der Waals surface area contributed by atoms with Crippen LogP contribution >= 0.6 is 0 Å². The molecular formula is C21H25N5O2.